The van der Waals surface area contributed by atoms with Gasteiger partial charge in [-0.2, -0.15) is 0 Å². The Morgan fingerprint density at radius 1 is 0.630 bits per heavy atom. The van der Waals surface area contributed by atoms with Crippen molar-refractivity contribution in [3.05, 3.63) is 91.9 Å². The Hall–Kier alpha value is -5.19. The fourth-order valence-electron chi connectivity index (χ4n) is 3.15. The first-order valence-electron chi connectivity index (χ1n) is 10.5. The molecule has 46 heavy (non-hydrogen) atoms. The average Bonchev–Trinajstić information content (AvgIpc) is 3.71. The Morgan fingerprint density at radius 2 is 0.957 bits per heavy atom. The Labute approximate surface area is 255 Å². The van der Waals surface area contributed by atoms with Gasteiger partial charge in [-0.25, -0.2) is 4.79 Å². The van der Waals surface area contributed by atoms with Gasteiger partial charge >= 0.3 is 11.9 Å². The summed E-state index contributed by atoms with van der Waals surface area (Å²) in [6.45, 7) is 0. The first-order valence-corrected chi connectivity index (χ1v) is 10.5. The molecule has 0 aliphatic heterocycles. The zero-order chi connectivity index (χ0) is 35.7. The van der Waals surface area contributed by atoms with Crippen LogP contribution >= 0.6 is 0 Å². The SMILES string of the molecule is N.NC(Cc1c[nH]c2ccccc12)C(=O)O.O.O=C(O)C(=O)Cc1c[nH]c2ccccc12.O=O.O=O.OO.OO.OO.OO.OO. The van der Waals surface area contributed by atoms with Crippen LogP contribution in [0.4, 0.5) is 0 Å². The Bertz CT molecular complexity index is 1270. The molecule has 24 heteroatoms. The van der Waals surface area contributed by atoms with Gasteiger partial charge in [0.25, 0.3) is 0 Å². The van der Waals surface area contributed by atoms with E-state index in [1.165, 1.54) is 0 Å². The number of carboxylic acid groups (broad SMARTS) is 2. The second kappa shape index (κ2) is 39.8. The van der Waals surface area contributed by atoms with Gasteiger partial charge in [0.15, 0.2) is 0 Å². The van der Waals surface area contributed by atoms with Crippen LogP contribution in [0.2, 0.25) is 0 Å². The first kappa shape index (κ1) is 56.6. The van der Waals surface area contributed by atoms with Gasteiger partial charge in [0, 0.05) is 66.9 Å². The smallest absolute Gasteiger partial charge is 0.372 e. The lowest BCUT2D eigenvalue weighted by Crippen LogP contribution is -2.32. The van der Waals surface area contributed by atoms with Crippen molar-refractivity contribution in [3.63, 3.8) is 0 Å². The third-order valence-electron chi connectivity index (χ3n) is 4.70. The predicted molar refractivity (Wildman–Crippen MR) is 161 cm³/mol. The average molecular weight is 677 g/mol. The van der Waals surface area contributed by atoms with E-state index >= 15 is 0 Å². The van der Waals surface area contributed by atoms with Crippen molar-refractivity contribution in [1.29, 1.82) is 0 Å². The molecule has 0 aliphatic rings. The normalized spacial score (nSPS) is 8.41. The minimum absolute atomic E-state index is 0. The molecule has 0 fully saturated rings. The van der Waals surface area contributed by atoms with E-state index in [0.29, 0.717) is 6.42 Å². The minimum atomic E-state index is -1.39. The van der Waals surface area contributed by atoms with Crippen LogP contribution in [0.25, 0.3) is 21.8 Å². The maximum atomic E-state index is 11.0. The van der Waals surface area contributed by atoms with Crippen LogP contribution in [0.5, 0.6) is 0 Å². The van der Waals surface area contributed by atoms with E-state index in [1.54, 1.807) is 6.20 Å². The predicted octanol–water partition coefficient (Wildman–Crippen LogP) is 2.04. The number of carbonyl (C=O) groups is 3. The van der Waals surface area contributed by atoms with Crippen molar-refractivity contribution in [1.82, 2.24) is 16.1 Å². The third kappa shape index (κ3) is 21.5. The van der Waals surface area contributed by atoms with E-state index < -0.39 is 23.8 Å². The molecule has 2 heterocycles. The van der Waals surface area contributed by atoms with Gasteiger partial charge in [-0.05, 0) is 23.3 Å². The van der Waals surface area contributed by atoms with E-state index in [-0.39, 0.29) is 18.0 Å². The number of para-hydroxylation sites is 2. The highest BCUT2D eigenvalue weighted by Crippen LogP contribution is 2.19. The number of hydrogen-bond acceptors (Lipinski definition) is 19. The molecule has 0 amide bonds. The number of aliphatic carboxylic acids is 2. The minimum Gasteiger partial charge on any atom is -0.480 e. The standard InChI is InChI=1S/C11H12N2O2.C11H9NO3.H3N.5H2O2.2O2.H2O/c12-9(11(14)15)5-7-6-13-10-4-2-1-3-8(7)10;13-10(11(14)15)5-7-6-12-9-4-2-1-3-8(7)9;;7*1-2;/h1-4,6,9,13H,5,12H2,(H,14,15);1-4,6,12H,5H2,(H,14,15);1H3;5*1-2H;;;1H2. The molecule has 0 spiro atoms. The Morgan fingerprint density at radius 3 is 1.30 bits per heavy atom. The summed E-state index contributed by atoms with van der Waals surface area (Å²) in [5, 5.41) is 79.1. The molecule has 2 aromatic carbocycles. The fourth-order valence-corrected chi connectivity index (χ4v) is 3.15. The van der Waals surface area contributed by atoms with Crippen molar-refractivity contribution in [3.8, 4) is 0 Å². The van der Waals surface area contributed by atoms with Gasteiger partial charge in [-0.3, -0.25) is 62.2 Å². The molecule has 0 aliphatic carbocycles. The third-order valence-corrected chi connectivity index (χ3v) is 4.70. The molecular formula is C22H36N4O20. The number of Topliss-reactive ketones (excluding diaryl/α,β-unsaturated/α-hetero) is 1. The molecule has 4 rings (SSSR count). The van der Waals surface area contributed by atoms with E-state index in [0.717, 1.165) is 32.9 Å². The van der Waals surface area contributed by atoms with Crippen LogP contribution in [-0.4, -0.2) is 102 Å². The number of nitrogens with one attached hydrogen (secondary N) is 2. The lowest BCUT2D eigenvalue weighted by Gasteiger charge is -2.04. The number of carboxylic acids is 2. The summed E-state index contributed by atoms with van der Waals surface area (Å²) in [5.74, 6) is -3.15. The van der Waals surface area contributed by atoms with Crippen molar-refractivity contribution in [2.45, 2.75) is 18.9 Å². The summed E-state index contributed by atoms with van der Waals surface area (Å²) < 4.78 is 0. The van der Waals surface area contributed by atoms with E-state index in [4.69, 9.17) is 88.4 Å². The summed E-state index contributed by atoms with van der Waals surface area (Å²) >= 11 is 0. The molecule has 21 N–H and O–H groups in total. The van der Waals surface area contributed by atoms with Gasteiger partial charge in [-0.15, -0.1) is 0 Å². The quantitative estimate of drug-likeness (QED) is 0.0788. The molecule has 0 saturated carbocycles. The van der Waals surface area contributed by atoms with E-state index in [2.05, 4.69) is 9.97 Å². The van der Waals surface area contributed by atoms with Crippen molar-refractivity contribution >= 4 is 39.5 Å². The molecule has 0 bridgehead atoms. The number of carbonyl (C=O) groups excluding carboxylic acids is 1. The number of hydrogen-bond donors (Lipinski definition) is 16. The van der Waals surface area contributed by atoms with Gasteiger partial charge in [-0.1, -0.05) is 36.4 Å². The molecule has 0 radical (unpaired) electrons. The Balaban J connectivity index is -0.0000000929. The number of ketones is 1. The van der Waals surface area contributed by atoms with Crippen LogP contribution in [0.3, 0.4) is 0 Å². The van der Waals surface area contributed by atoms with Crippen LogP contribution in [0, 0.1) is 19.9 Å². The zero-order valence-electron chi connectivity index (χ0n) is 23.3. The highest BCUT2D eigenvalue weighted by molar-refractivity contribution is 6.33. The van der Waals surface area contributed by atoms with E-state index in [1.807, 2.05) is 54.7 Å². The summed E-state index contributed by atoms with van der Waals surface area (Å²) in [5.41, 5.74) is 9.06. The highest BCUT2D eigenvalue weighted by Gasteiger charge is 2.15. The number of fused-ring (bicyclic) bond motifs is 2. The molecule has 1 atom stereocenters. The zero-order valence-corrected chi connectivity index (χ0v) is 23.3. The summed E-state index contributed by atoms with van der Waals surface area (Å²) in [4.78, 5) is 66.1. The number of benzene rings is 2. The largest absolute Gasteiger partial charge is 0.480 e. The van der Waals surface area contributed by atoms with Crippen molar-refractivity contribution < 1.29 is 82.6 Å². The van der Waals surface area contributed by atoms with Gasteiger partial charge in [0.1, 0.15) is 6.04 Å². The monoisotopic (exact) mass is 676 g/mol. The molecule has 2 aromatic heterocycles. The molecule has 4 aromatic rings. The number of rotatable bonds is 6. The summed E-state index contributed by atoms with van der Waals surface area (Å²) in [6.07, 6.45) is 3.76. The maximum Gasteiger partial charge on any atom is 0.372 e. The van der Waals surface area contributed by atoms with Crippen molar-refractivity contribution in [2.75, 3.05) is 0 Å². The first-order chi connectivity index (χ1) is 21.4. The number of nitrogens with two attached hydrogens (primary N) is 1. The van der Waals surface area contributed by atoms with Gasteiger partial charge in [0.2, 0.25) is 5.78 Å². The topological polar surface area (TPSA) is 486 Å². The second-order valence-electron chi connectivity index (χ2n) is 6.77. The maximum absolute atomic E-state index is 11.0. The molecule has 264 valence electrons. The number of H-pyrrole nitrogens is 2. The summed E-state index contributed by atoms with van der Waals surface area (Å²) in [6, 6.07) is 14.4. The lowest BCUT2D eigenvalue weighted by molar-refractivity contribution is -0.176. The molecule has 1 unspecified atom stereocenters. The van der Waals surface area contributed by atoms with Crippen LogP contribution in [-0.2, 0) is 27.2 Å². The van der Waals surface area contributed by atoms with Gasteiger partial charge in [0.05, 0.1) is 0 Å². The number of aromatic nitrogens is 2. The summed E-state index contributed by atoms with van der Waals surface area (Å²) in [7, 11) is 0. The van der Waals surface area contributed by atoms with Gasteiger partial charge < -0.3 is 37.5 Å². The highest BCUT2D eigenvalue weighted by atomic mass is 17.0. The van der Waals surface area contributed by atoms with E-state index in [9.17, 15) is 14.4 Å². The molecule has 0 saturated heterocycles. The van der Waals surface area contributed by atoms with Crippen molar-refractivity contribution in [2.24, 2.45) is 5.73 Å². The van der Waals surface area contributed by atoms with Crippen LogP contribution in [0.15, 0.2) is 60.9 Å². The number of aromatic amines is 2. The van der Waals surface area contributed by atoms with Crippen LogP contribution < -0.4 is 11.9 Å². The Kier molecular flexibility index (Phi) is 49.0. The molecular weight excluding hydrogens is 640 g/mol. The fraction of sp³-hybridized carbons (Fsp3) is 0.136. The molecule has 24 nitrogen and oxygen atoms in total. The van der Waals surface area contributed by atoms with Crippen LogP contribution in [0.1, 0.15) is 11.1 Å². The lowest BCUT2D eigenvalue weighted by atomic mass is 10.1. The second-order valence-corrected chi connectivity index (χ2v) is 6.77.